The van der Waals surface area contributed by atoms with Gasteiger partial charge < -0.3 is 5.32 Å². The molecule has 5 nitrogen and oxygen atoms in total. The highest BCUT2D eigenvalue weighted by Gasteiger charge is 2.30. The molecule has 24 heavy (non-hydrogen) atoms. The first-order chi connectivity index (χ1) is 11.3. The van der Waals surface area contributed by atoms with Crippen LogP contribution in [0.15, 0.2) is 54.6 Å². The van der Waals surface area contributed by atoms with Crippen LogP contribution in [-0.4, -0.2) is 10.8 Å². The molecular weight excluding hydrogens is 325 g/mol. The third-order valence-corrected chi connectivity index (χ3v) is 3.01. The number of nitrogens with zero attached hydrogens (tertiary/aromatic N) is 1. The van der Waals surface area contributed by atoms with E-state index in [0.717, 1.165) is 18.2 Å². The van der Waals surface area contributed by atoms with Crippen molar-refractivity contribution < 1.29 is 22.9 Å². The molecule has 0 fully saturated rings. The van der Waals surface area contributed by atoms with Gasteiger partial charge in [0.2, 0.25) is 5.91 Å². The average Bonchev–Trinajstić information content (AvgIpc) is 2.52. The summed E-state index contributed by atoms with van der Waals surface area (Å²) in [6.45, 7) is 0. The third kappa shape index (κ3) is 4.42. The number of rotatable bonds is 4. The second-order valence-corrected chi connectivity index (χ2v) is 4.72. The van der Waals surface area contributed by atoms with Crippen LogP contribution in [0.5, 0.6) is 0 Å². The van der Waals surface area contributed by atoms with Crippen LogP contribution in [0.1, 0.15) is 11.1 Å². The number of benzene rings is 2. The van der Waals surface area contributed by atoms with E-state index in [0.29, 0.717) is 0 Å². The number of carbonyl (C=O) groups excluding carboxylic acids is 1. The van der Waals surface area contributed by atoms with Crippen LogP contribution in [0.25, 0.3) is 6.08 Å². The van der Waals surface area contributed by atoms with Crippen molar-refractivity contribution in [2.75, 3.05) is 5.32 Å². The summed E-state index contributed by atoms with van der Waals surface area (Å²) < 4.78 is 37.8. The molecule has 0 aliphatic heterocycles. The summed E-state index contributed by atoms with van der Waals surface area (Å²) in [7, 11) is 0. The molecule has 0 radical (unpaired) electrons. The highest BCUT2D eigenvalue weighted by Crippen LogP contribution is 2.30. The highest BCUT2D eigenvalue weighted by molar-refractivity contribution is 6.02. The molecule has 0 spiro atoms. The summed E-state index contributed by atoms with van der Waals surface area (Å²) in [4.78, 5) is 22.0. The zero-order valence-corrected chi connectivity index (χ0v) is 12.1. The zero-order chi connectivity index (χ0) is 17.7. The van der Waals surface area contributed by atoms with Crippen molar-refractivity contribution in [3.8, 4) is 0 Å². The molecule has 2 aromatic rings. The molecule has 0 aromatic heterocycles. The Morgan fingerprint density at radius 1 is 1.12 bits per heavy atom. The maximum Gasteiger partial charge on any atom is 0.416 e. The zero-order valence-electron chi connectivity index (χ0n) is 12.1. The number of amides is 1. The number of alkyl halides is 3. The molecular formula is C16H11F3N2O3. The Bertz CT molecular complexity index is 801. The summed E-state index contributed by atoms with van der Waals surface area (Å²) in [6.07, 6.45) is -2.27. The number of carbonyl (C=O) groups is 1. The van der Waals surface area contributed by atoms with Crippen LogP contribution < -0.4 is 5.32 Å². The van der Waals surface area contributed by atoms with Gasteiger partial charge in [0.15, 0.2) is 0 Å². The van der Waals surface area contributed by atoms with Gasteiger partial charge in [0, 0.05) is 17.8 Å². The first-order valence-electron chi connectivity index (χ1n) is 6.67. The van der Waals surface area contributed by atoms with Gasteiger partial charge >= 0.3 is 6.18 Å². The van der Waals surface area contributed by atoms with Crippen LogP contribution in [0.2, 0.25) is 0 Å². The van der Waals surface area contributed by atoms with Gasteiger partial charge in [0.05, 0.1) is 16.1 Å². The number of nitro benzene ring substituents is 1. The first kappa shape index (κ1) is 17.2. The Kier molecular flexibility index (Phi) is 4.98. The van der Waals surface area contributed by atoms with E-state index in [1.807, 2.05) is 0 Å². The predicted molar refractivity (Wildman–Crippen MR) is 82.2 cm³/mol. The number of nitro groups is 1. The molecule has 1 amide bonds. The van der Waals surface area contributed by atoms with Gasteiger partial charge in [0.25, 0.3) is 5.69 Å². The number of hydrogen-bond donors (Lipinski definition) is 1. The molecule has 0 saturated carbocycles. The van der Waals surface area contributed by atoms with E-state index in [-0.39, 0.29) is 16.9 Å². The summed E-state index contributed by atoms with van der Waals surface area (Å²) >= 11 is 0. The Morgan fingerprint density at radius 2 is 1.83 bits per heavy atom. The summed E-state index contributed by atoms with van der Waals surface area (Å²) in [5.41, 5.74) is -0.882. The van der Waals surface area contributed by atoms with E-state index in [1.165, 1.54) is 36.4 Å². The van der Waals surface area contributed by atoms with Gasteiger partial charge in [-0.2, -0.15) is 13.2 Å². The normalized spacial score (nSPS) is 11.5. The molecule has 0 bridgehead atoms. The van der Waals surface area contributed by atoms with Gasteiger partial charge in [-0.05, 0) is 30.3 Å². The third-order valence-electron chi connectivity index (χ3n) is 3.01. The van der Waals surface area contributed by atoms with Crippen molar-refractivity contribution in [3.05, 3.63) is 75.8 Å². The van der Waals surface area contributed by atoms with E-state index < -0.39 is 22.6 Å². The van der Waals surface area contributed by atoms with E-state index >= 15 is 0 Å². The lowest BCUT2D eigenvalue weighted by Crippen LogP contribution is -2.10. The van der Waals surface area contributed by atoms with E-state index in [1.54, 1.807) is 6.07 Å². The number of hydrogen-bond acceptors (Lipinski definition) is 3. The SMILES string of the molecule is O=C(C=Cc1ccccc1[N+](=O)[O-])Nc1cccc(C(F)(F)F)c1. The van der Waals surface area contributed by atoms with Crippen molar-refractivity contribution in [3.63, 3.8) is 0 Å². The summed E-state index contributed by atoms with van der Waals surface area (Å²) in [5, 5.41) is 13.1. The van der Waals surface area contributed by atoms with Gasteiger partial charge in [-0.25, -0.2) is 0 Å². The Labute approximate surface area is 134 Å². The maximum absolute atomic E-state index is 12.6. The standard InChI is InChI=1S/C16H11F3N2O3/c17-16(18,19)12-5-3-6-13(10-12)20-15(22)9-8-11-4-1-2-7-14(11)21(23)24/h1-10H,(H,20,22). The molecule has 0 unspecified atom stereocenters. The van der Waals surface area contributed by atoms with Gasteiger partial charge in [0.1, 0.15) is 0 Å². The lowest BCUT2D eigenvalue weighted by molar-refractivity contribution is -0.385. The fraction of sp³-hybridized carbons (Fsp3) is 0.0625. The second-order valence-electron chi connectivity index (χ2n) is 4.72. The number of nitrogens with one attached hydrogen (secondary N) is 1. The molecule has 1 N–H and O–H groups in total. The van der Waals surface area contributed by atoms with Crippen LogP contribution in [0.3, 0.4) is 0 Å². The topological polar surface area (TPSA) is 72.2 Å². The minimum absolute atomic E-state index is 0.0259. The molecule has 8 heteroatoms. The van der Waals surface area contributed by atoms with Crippen molar-refractivity contribution in [1.82, 2.24) is 0 Å². The number of halogens is 3. The monoisotopic (exact) mass is 336 g/mol. The first-order valence-corrected chi connectivity index (χ1v) is 6.67. The van der Waals surface area contributed by atoms with Gasteiger partial charge in [-0.3, -0.25) is 14.9 Å². The quantitative estimate of drug-likeness (QED) is 0.515. The van der Waals surface area contributed by atoms with Gasteiger partial charge in [-0.15, -0.1) is 0 Å². The Morgan fingerprint density at radius 3 is 2.50 bits per heavy atom. The van der Waals surface area contributed by atoms with Crippen molar-refractivity contribution in [1.29, 1.82) is 0 Å². The minimum Gasteiger partial charge on any atom is -0.322 e. The summed E-state index contributed by atoms with van der Waals surface area (Å²) in [6, 6.07) is 9.96. The molecule has 2 aromatic carbocycles. The van der Waals surface area contributed by atoms with Gasteiger partial charge in [-0.1, -0.05) is 18.2 Å². The predicted octanol–water partition coefficient (Wildman–Crippen LogP) is 4.27. The summed E-state index contributed by atoms with van der Waals surface area (Å²) in [5.74, 6) is -0.701. The van der Waals surface area contributed by atoms with Crippen molar-refractivity contribution in [2.45, 2.75) is 6.18 Å². The van der Waals surface area contributed by atoms with Crippen LogP contribution in [0.4, 0.5) is 24.5 Å². The number of anilines is 1. The Hall–Kier alpha value is -3.16. The van der Waals surface area contributed by atoms with Crippen LogP contribution in [-0.2, 0) is 11.0 Å². The fourth-order valence-electron chi connectivity index (χ4n) is 1.92. The highest BCUT2D eigenvalue weighted by atomic mass is 19.4. The smallest absolute Gasteiger partial charge is 0.322 e. The molecule has 2 rings (SSSR count). The molecule has 0 aliphatic rings. The van der Waals surface area contributed by atoms with Crippen molar-refractivity contribution in [2.24, 2.45) is 0 Å². The van der Waals surface area contributed by atoms with E-state index in [2.05, 4.69) is 5.32 Å². The fourth-order valence-corrected chi connectivity index (χ4v) is 1.92. The van der Waals surface area contributed by atoms with E-state index in [9.17, 15) is 28.1 Å². The number of para-hydroxylation sites is 1. The average molecular weight is 336 g/mol. The molecule has 0 atom stereocenters. The van der Waals surface area contributed by atoms with Crippen LogP contribution in [0, 0.1) is 10.1 Å². The van der Waals surface area contributed by atoms with Crippen molar-refractivity contribution >= 4 is 23.4 Å². The van der Waals surface area contributed by atoms with E-state index in [4.69, 9.17) is 0 Å². The molecule has 0 heterocycles. The van der Waals surface area contributed by atoms with Crippen LogP contribution >= 0.6 is 0 Å². The second kappa shape index (κ2) is 6.95. The molecule has 0 aliphatic carbocycles. The maximum atomic E-state index is 12.6. The largest absolute Gasteiger partial charge is 0.416 e. The minimum atomic E-state index is -4.51. The molecule has 124 valence electrons. The Balaban J connectivity index is 2.13. The lowest BCUT2D eigenvalue weighted by atomic mass is 10.1. The molecule has 0 saturated heterocycles. The lowest BCUT2D eigenvalue weighted by Gasteiger charge is -2.08.